The molecule has 0 radical (unpaired) electrons. The minimum absolute atomic E-state index is 0.168. The van der Waals surface area contributed by atoms with Gasteiger partial charge in [0.2, 0.25) is 0 Å². The number of likely N-dealkylation sites (N-methyl/N-ethyl adjacent to an activating group) is 2. The molecule has 0 spiro atoms. The highest BCUT2D eigenvalue weighted by molar-refractivity contribution is 5.96. The predicted molar refractivity (Wildman–Crippen MR) is 61.6 cm³/mol. The molecule has 0 N–H and O–H groups in total. The lowest BCUT2D eigenvalue weighted by Gasteiger charge is -2.37. The van der Waals surface area contributed by atoms with Crippen LogP contribution in [0.25, 0.3) is 0 Å². The van der Waals surface area contributed by atoms with Crippen molar-refractivity contribution in [2.45, 2.75) is 12.5 Å². The molecule has 1 aliphatic rings. The van der Waals surface area contributed by atoms with E-state index in [0.717, 1.165) is 19.6 Å². The van der Waals surface area contributed by atoms with Gasteiger partial charge >= 0.3 is 0 Å². The molecule has 88 valence electrons. The molecule has 0 saturated carbocycles. The van der Waals surface area contributed by atoms with Crippen LogP contribution in [0.2, 0.25) is 0 Å². The van der Waals surface area contributed by atoms with Crippen LogP contribution in [-0.4, -0.2) is 55.4 Å². The quantitative estimate of drug-likeness (QED) is 0.718. The Hall–Kier alpha value is -1.13. The summed E-state index contributed by atoms with van der Waals surface area (Å²) in [4.78, 5) is 16.5. The molecule has 1 aromatic rings. The van der Waals surface area contributed by atoms with Gasteiger partial charge < -0.3 is 14.2 Å². The third-order valence-corrected chi connectivity index (χ3v) is 3.24. The molecule has 4 nitrogen and oxygen atoms in total. The topological polar surface area (TPSA) is 36.7 Å². The maximum absolute atomic E-state index is 11.9. The average molecular weight is 222 g/mol. The van der Waals surface area contributed by atoms with Gasteiger partial charge in [-0.25, -0.2) is 0 Å². The first-order valence-electron chi connectivity index (χ1n) is 5.61. The number of hydrogen-bond acceptors (Lipinski definition) is 4. The molecule has 1 atom stereocenters. The number of piperazine rings is 1. The van der Waals surface area contributed by atoms with E-state index in [9.17, 15) is 4.79 Å². The zero-order chi connectivity index (χ0) is 11.5. The maximum Gasteiger partial charge on any atom is 0.167 e. The van der Waals surface area contributed by atoms with Gasteiger partial charge in [0.15, 0.2) is 5.78 Å². The summed E-state index contributed by atoms with van der Waals surface area (Å²) in [5.74, 6) is 0.168. The van der Waals surface area contributed by atoms with Gasteiger partial charge in [0, 0.05) is 32.1 Å². The maximum atomic E-state index is 11.9. The van der Waals surface area contributed by atoms with Crippen molar-refractivity contribution in [1.29, 1.82) is 0 Å². The summed E-state index contributed by atoms with van der Waals surface area (Å²) in [7, 11) is 4.18. The fourth-order valence-corrected chi connectivity index (χ4v) is 2.08. The van der Waals surface area contributed by atoms with Crippen molar-refractivity contribution >= 4 is 5.78 Å². The normalized spacial score (nSPS) is 23.5. The molecule has 1 aliphatic heterocycles. The van der Waals surface area contributed by atoms with E-state index in [0.29, 0.717) is 18.0 Å². The van der Waals surface area contributed by atoms with Crippen molar-refractivity contribution < 1.29 is 9.21 Å². The van der Waals surface area contributed by atoms with Crippen LogP contribution in [0.15, 0.2) is 23.0 Å². The van der Waals surface area contributed by atoms with Crippen molar-refractivity contribution in [3.8, 4) is 0 Å². The van der Waals surface area contributed by atoms with E-state index < -0.39 is 0 Å². The smallest absolute Gasteiger partial charge is 0.167 e. The van der Waals surface area contributed by atoms with E-state index in [-0.39, 0.29) is 5.78 Å². The second-order valence-electron chi connectivity index (χ2n) is 4.54. The van der Waals surface area contributed by atoms with Crippen molar-refractivity contribution in [3.05, 3.63) is 24.2 Å². The number of carbonyl (C=O) groups is 1. The summed E-state index contributed by atoms with van der Waals surface area (Å²) in [6.45, 7) is 3.06. The molecule has 0 bridgehead atoms. The molecule has 1 fully saturated rings. The fraction of sp³-hybridized carbons (Fsp3) is 0.583. The highest BCUT2D eigenvalue weighted by Gasteiger charge is 2.24. The first-order chi connectivity index (χ1) is 7.66. The summed E-state index contributed by atoms with van der Waals surface area (Å²) in [5.41, 5.74) is 0.682. The average Bonchev–Trinajstić information content (AvgIpc) is 2.76. The Bertz CT molecular complexity index is 348. The van der Waals surface area contributed by atoms with Gasteiger partial charge in [-0.05, 0) is 20.2 Å². The van der Waals surface area contributed by atoms with Crippen LogP contribution in [0.1, 0.15) is 16.8 Å². The summed E-state index contributed by atoms with van der Waals surface area (Å²) in [5, 5.41) is 0. The van der Waals surface area contributed by atoms with Crippen molar-refractivity contribution in [3.63, 3.8) is 0 Å². The Kier molecular flexibility index (Phi) is 3.41. The molecule has 2 rings (SSSR count). The van der Waals surface area contributed by atoms with Crippen molar-refractivity contribution in [2.24, 2.45) is 0 Å². The van der Waals surface area contributed by atoms with Gasteiger partial charge in [-0.3, -0.25) is 4.79 Å². The number of carbonyl (C=O) groups excluding carboxylic acids is 1. The van der Waals surface area contributed by atoms with Gasteiger partial charge in [0.1, 0.15) is 6.26 Å². The van der Waals surface area contributed by atoms with Crippen LogP contribution in [0.4, 0.5) is 0 Å². The molecule has 1 saturated heterocycles. The molecule has 1 unspecified atom stereocenters. The van der Waals surface area contributed by atoms with Gasteiger partial charge in [0.25, 0.3) is 0 Å². The molecule has 0 aliphatic carbocycles. The molecular formula is C12H18N2O2. The molecular weight excluding hydrogens is 204 g/mol. The van der Waals surface area contributed by atoms with E-state index in [2.05, 4.69) is 23.9 Å². The number of furan rings is 1. The third-order valence-electron chi connectivity index (χ3n) is 3.24. The SMILES string of the molecule is CN1CCN(C)C(CC(=O)c2ccoc2)C1. The predicted octanol–water partition coefficient (Wildman–Crippen LogP) is 1.10. The fourth-order valence-electron chi connectivity index (χ4n) is 2.08. The first-order valence-corrected chi connectivity index (χ1v) is 5.61. The Labute approximate surface area is 95.8 Å². The van der Waals surface area contributed by atoms with E-state index in [4.69, 9.17) is 4.42 Å². The Morgan fingerprint density at radius 3 is 3.00 bits per heavy atom. The minimum Gasteiger partial charge on any atom is -0.472 e. The first kappa shape index (κ1) is 11.4. The zero-order valence-corrected chi connectivity index (χ0v) is 9.85. The standard InChI is InChI=1S/C12H18N2O2/c1-13-4-5-14(2)11(8-13)7-12(15)10-3-6-16-9-10/h3,6,9,11H,4-5,7-8H2,1-2H3. The zero-order valence-electron chi connectivity index (χ0n) is 9.85. The number of ketones is 1. The van der Waals surface area contributed by atoms with Crippen LogP contribution in [0.5, 0.6) is 0 Å². The summed E-state index contributed by atoms with van der Waals surface area (Å²) < 4.78 is 4.93. The largest absolute Gasteiger partial charge is 0.472 e. The summed E-state index contributed by atoms with van der Waals surface area (Å²) in [6, 6.07) is 2.05. The number of Topliss-reactive ketones (excluding diaryl/α,β-unsaturated/α-hetero) is 1. The van der Waals surface area contributed by atoms with Gasteiger partial charge in [-0.1, -0.05) is 0 Å². The summed E-state index contributed by atoms with van der Waals surface area (Å²) >= 11 is 0. The van der Waals surface area contributed by atoms with Gasteiger partial charge in [-0.2, -0.15) is 0 Å². The highest BCUT2D eigenvalue weighted by atomic mass is 16.3. The van der Waals surface area contributed by atoms with E-state index in [1.807, 2.05) is 0 Å². The van der Waals surface area contributed by atoms with Crippen LogP contribution >= 0.6 is 0 Å². The van der Waals surface area contributed by atoms with E-state index in [1.54, 1.807) is 12.3 Å². The Balaban J connectivity index is 1.95. The lowest BCUT2D eigenvalue weighted by Crippen LogP contribution is -2.50. The number of rotatable bonds is 3. The molecule has 1 aromatic heterocycles. The molecule has 0 aromatic carbocycles. The van der Waals surface area contributed by atoms with Crippen molar-refractivity contribution in [2.75, 3.05) is 33.7 Å². The lowest BCUT2D eigenvalue weighted by atomic mass is 10.0. The minimum atomic E-state index is 0.168. The molecule has 4 heteroatoms. The van der Waals surface area contributed by atoms with Crippen molar-refractivity contribution in [1.82, 2.24) is 9.80 Å². The number of nitrogens with zero attached hydrogens (tertiary/aromatic N) is 2. The third kappa shape index (κ3) is 2.51. The van der Waals surface area contributed by atoms with Crippen LogP contribution in [0.3, 0.4) is 0 Å². The Morgan fingerprint density at radius 1 is 1.50 bits per heavy atom. The van der Waals surface area contributed by atoms with Crippen LogP contribution in [0, 0.1) is 0 Å². The summed E-state index contributed by atoms with van der Waals surface area (Å²) in [6.07, 6.45) is 3.64. The molecule has 16 heavy (non-hydrogen) atoms. The lowest BCUT2D eigenvalue weighted by molar-refractivity contribution is 0.0809. The molecule has 0 amide bonds. The number of hydrogen-bond donors (Lipinski definition) is 0. The Morgan fingerprint density at radius 2 is 2.31 bits per heavy atom. The van der Waals surface area contributed by atoms with Crippen LogP contribution in [-0.2, 0) is 0 Å². The highest BCUT2D eigenvalue weighted by Crippen LogP contribution is 2.13. The molecule has 2 heterocycles. The van der Waals surface area contributed by atoms with E-state index in [1.165, 1.54) is 6.26 Å². The second-order valence-corrected chi connectivity index (χ2v) is 4.54. The second kappa shape index (κ2) is 4.80. The monoisotopic (exact) mass is 222 g/mol. The van der Waals surface area contributed by atoms with E-state index >= 15 is 0 Å². The van der Waals surface area contributed by atoms with Gasteiger partial charge in [0.05, 0.1) is 11.8 Å². The van der Waals surface area contributed by atoms with Crippen LogP contribution < -0.4 is 0 Å². The van der Waals surface area contributed by atoms with Gasteiger partial charge in [-0.15, -0.1) is 0 Å².